The summed E-state index contributed by atoms with van der Waals surface area (Å²) in [5.41, 5.74) is 3.77. The van der Waals surface area contributed by atoms with Crippen LogP contribution in [-0.2, 0) is 0 Å². The molecule has 30 heavy (non-hydrogen) atoms. The van der Waals surface area contributed by atoms with E-state index in [9.17, 15) is 4.79 Å². The Morgan fingerprint density at radius 3 is 2.50 bits per heavy atom. The molecule has 0 aliphatic rings. The summed E-state index contributed by atoms with van der Waals surface area (Å²) in [5.74, 6) is 0.744. The highest BCUT2D eigenvalue weighted by Gasteiger charge is 2.17. The van der Waals surface area contributed by atoms with Gasteiger partial charge in [0.1, 0.15) is 11.3 Å². The number of hydrogen-bond donors (Lipinski definition) is 0. The number of nitrogens with zero attached hydrogens (tertiary/aromatic N) is 2. The minimum absolute atomic E-state index is 0.400. The van der Waals surface area contributed by atoms with E-state index < -0.39 is 5.63 Å². The van der Waals surface area contributed by atoms with E-state index in [1.165, 1.54) is 0 Å². The molecule has 0 atom stereocenters. The molecule has 0 amide bonds. The van der Waals surface area contributed by atoms with Crippen LogP contribution in [0, 0.1) is 0 Å². The molecule has 5 nitrogen and oxygen atoms in total. The van der Waals surface area contributed by atoms with Crippen LogP contribution >= 0.6 is 0 Å². The Labute approximate surface area is 172 Å². The molecular formula is C25H18N2O3. The van der Waals surface area contributed by atoms with Gasteiger partial charge in [-0.2, -0.15) is 5.10 Å². The average molecular weight is 394 g/mol. The maximum absolute atomic E-state index is 12.8. The Hall–Kier alpha value is -4.12. The molecular weight excluding hydrogens is 376 g/mol. The fraction of sp³-hybridized carbons (Fsp3) is 0.0400. The summed E-state index contributed by atoms with van der Waals surface area (Å²) >= 11 is 0. The second-order valence-electron chi connectivity index (χ2n) is 6.88. The van der Waals surface area contributed by atoms with Gasteiger partial charge in [-0.25, -0.2) is 9.48 Å². The number of methoxy groups -OCH3 is 1. The van der Waals surface area contributed by atoms with Crippen LogP contribution in [0.4, 0.5) is 0 Å². The fourth-order valence-electron chi connectivity index (χ4n) is 3.50. The smallest absolute Gasteiger partial charge is 0.345 e. The first-order valence-corrected chi connectivity index (χ1v) is 9.56. The summed E-state index contributed by atoms with van der Waals surface area (Å²) in [7, 11) is 1.63. The number of rotatable bonds is 4. The van der Waals surface area contributed by atoms with Gasteiger partial charge in [0.2, 0.25) is 0 Å². The van der Waals surface area contributed by atoms with E-state index in [0.717, 1.165) is 28.1 Å². The molecule has 0 aliphatic carbocycles. The molecule has 5 rings (SSSR count). The summed E-state index contributed by atoms with van der Waals surface area (Å²) in [6.07, 6.45) is 0. The van der Waals surface area contributed by atoms with Gasteiger partial charge in [0.25, 0.3) is 0 Å². The third kappa shape index (κ3) is 3.16. The topological polar surface area (TPSA) is 57.3 Å². The zero-order valence-electron chi connectivity index (χ0n) is 16.3. The molecule has 0 saturated heterocycles. The van der Waals surface area contributed by atoms with Crippen LogP contribution in [0.1, 0.15) is 0 Å². The zero-order chi connectivity index (χ0) is 20.5. The molecule has 2 heterocycles. The number of fused-ring (bicyclic) bond motifs is 1. The highest BCUT2D eigenvalue weighted by molar-refractivity contribution is 5.82. The van der Waals surface area contributed by atoms with Crippen molar-refractivity contribution in [2.45, 2.75) is 0 Å². The zero-order valence-corrected chi connectivity index (χ0v) is 16.3. The van der Waals surface area contributed by atoms with E-state index in [4.69, 9.17) is 14.3 Å². The molecule has 0 saturated carbocycles. The van der Waals surface area contributed by atoms with Gasteiger partial charge < -0.3 is 9.15 Å². The van der Waals surface area contributed by atoms with Gasteiger partial charge in [-0.1, -0.05) is 48.5 Å². The highest BCUT2D eigenvalue weighted by atomic mass is 16.5. The summed E-state index contributed by atoms with van der Waals surface area (Å²) < 4.78 is 12.7. The van der Waals surface area contributed by atoms with Crippen molar-refractivity contribution in [1.29, 1.82) is 0 Å². The predicted molar refractivity (Wildman–Crippen MR) is 117 cm³/mol. The number of para-hydroxylation sites is 2. The molecule has 146 valence electrons. The first kappa shape index (κ1) is 17.9. The number of benzene rings is 3. The van der Waals surface area contributed by atoms with Crippen molar-refractivity contribution in [3.8, 4) is 34.0 Å². The van der Waals surface area contributed by atoms with Crippen LogP contribution in [0.3, 0.4) is 0 Å². The van der Waals surface area contributed by atoms with Crippen molar-refractivity contribution < 1.29 is 9.15 Å². The van der Waals surface area contributed by atoms with Crippen LogP contribution in [0.25, 0.3) is 39.2 Å². The Morgan fingerprint density at radius 1 is 0.867 bits per heavy atom. The van der Waals surface area contributed by atoms with Crippen molar-refractivity contribution in [3.63, 3.8) is 0 Å². The Kier molecular flexibility index (Phi) is 4.41. The van der Waals surface area contributed by atoms with Gasteiger partial charge >= 0.3 is 5.63 Å². The third-order valence-corrected chi connectivity index (χ3v) is 4.99. The Bertz CT molecular complexity index is 1400. The van der Waals surface area contributed by atoms with Crippen molar-refractivity contribution in [3.05, 3.63) is 101 Å². The maximum Gasteiger partial charge on any atom is 0.345 e. The monoisotopic (exact) mass is 394 g/mol. The normalized spacial score (nSPS) is 11.0. The number of hydrogen-bond acceptors (Lipinski definition) is 4. The van der Waals surface area contributed by atoms with Crippen molar-refractivity contribution in [2.75, 3.05) is 7.11 Å². The van der Waals surface area contributed by atoms with E-state index >= 15 is 0 Å². The van der Waals surface area contributed by atoms with Crippen molar-refractivity contribution in [2.24, 2.45) is 0 Å². The molecule has 0 unspecified atom stereocenters. The van der Waals surface area contributed by atoms with E-state index in [-0.39, 0.29) is 0 Å². The van der Waals surface area contributed by atoms with Crippen LogP contribution in [-0.4, -0.2) is 16.9 Å². The Morgan fingerprint density at radius 2 is 1.67 bits per heavy atom. The lowest BCUT2D eigenvalue weighted by Gasteiger charge is -2.07. The average Bonchev–Trinajstić information content (AvgIpc) is 3.24. The van der Waals surface area contributed by atoms with Gasteiger partial charge in [0, 0.05) is 10.9 Å². The minimum atomic E-state index is -0.400. The van der Waals surface area contributed by atoms with E-state index in [0.29, 0.717) is 16.8 Å². The lowest BCUT2D eigenvalue weighted by atomic mass is 10.1. The summed E-state index contributed by atoms with van der Waals surface area (Å²) in [6, 6.07) is 28.7. The van der Waals surface area contributed by atoms with Gasteiger partial charge in [0.15, 0.2) is 0 Å². The predicted octanol–water partition coefficient (Wildman–Crippen LogP) is 5.32. The summed E-state index contributed by atoms with van der Waals surface area (Å²) in [4.78, 5) is 12.8. The van der Waals surface area contributed by atoms with Gasteiger partial charge in [-0.3, -0.25) is 0 Å². The lowest BCUT2D eigenvalue weighted by Crippen LogP contribution is -2.07. The first-order chi connectivity index (χ1) is 14.7. The van der Waals surface area contributed by atoms with Gasteiger partial charge in [-0.15, -0.1) is 0 Å². The molecule has 0 spiro atoms. The van der Waals surface area contributed by atoms with E-state index in [1.807, 2.05) is 84.9 Å². The SMILES string of the molecule is COc1cccc(-c2cc(-c3cc4ccccc4oc3=O)n(-c3ccccc3)n2)c1. The molecule has 0 fully saturated rings. The lowest BCUT2D eigenvalue weighted by molar-refractivity contribution is 0.415. The van der Waals surface area contributed by atoms with E-state index in [1.54, 1.807) is 17.9 Å². The Balaban J connectivity index is 1.76. The molecule has 2 aromatic heterocycles. The second kappa shape index (κ2) is 7.37. The molecule has 0 radical (unpaired) electrons. The van der Waals surface area contributed by atoms with Gasteiger partial charge in [-0.05, 0) is 42.5 Å². The molecule has 5 heteroatoms. The second-order valence-corrected chi connectivity index (χ2v) is 6.88. The van der Waals surface area contributed by atoms with Crippen molar-refractivity contribution >= 4 is 11.0 Å². The standard InChI is InChI=1S/C25H18N2O3/c1-29-20-12-7-9-17(14-20)22-16-23(27(26-22)19-10-3-2-4-11-19)21-15-18-8-5-6-13-24(18)30-25(21)28/h2-16H,1H3. The molecule has 0 N–H and O–H groups in total. The largest absolute Gasteiger partial charge is 0.497 e. The minimum Gasteiger partial charge on any atom is -0.497 e. The van der Waals surface area contributed by atoms with Gasteiger partial charge in [0.05, 0.1) is 29.7 Å². The molecule has 5 aromatic rings. The fourth-order valence-corrected chi connectivity index (χ4v) is 3.50. The number of aromatic nitrogens is 2. The van der Waals surface area contributed by atoms with Crippen LogP contribution in [0.15, 0.2) is 100 Å². The van der Waals surface area contributed by atoms with Crippen LogP contribution in [0.5, 0.6) is 5.75 Å². The van der Waals surface area contributed by atoms with E-state index in [2.05, 4.69) is 0 Å². The maximum atomic E-state index is 12.8. The summed E-state index contributed by atoms with van der Waals surface area (Å²) in [5, 5.41) is 5.66. The van der Waals surface area contributed by atoms with Crippen LogP contribution in [0.2, 0.25) is 0 Å². The molecule has 3 aromatic carbocycles. The molecule has 0 aliphatic heterocycles. The quantitative estimate of drug-likeness (QED) is 0.387. The first-order valence-electron chi connectivity index (χ1n) is 9.56. The number of ether oxygens (including phenoxy) is 1. The molecule has 0 bridgehead atoms. The highest BCUT2D eigenvalue weighted by Crippen LogP contribution is 2.30. The summed E-state index contributed by atoms with van der Waals surface area (Å²) in [6.45, 7) is 0. The van der Waals surface area contributed by atoms with Crippen molar-refractivity contribution in [1.82, 2.24) is 9.78 Å². The third-order valence-electron chi connectivity index (χ3n) is 4.99. The van der Waals surface area contributed by atoms with Crippen LogP contribution < -0.4 is 10.4 Å².